The zero-order valence-electron chi connectivity index (χ0n) is 24.2. The first-order chi connectivity index (χ1) is 19.7. The van der Waals surface area contributed by atoms with Gasteiger partial charge in [-0.2, -0.15) is 0 Å². The third-order valence-corrected chi connectivity index (χ3v) is 9.10. The van der Waals surface area contributed by atoms with Crippen LogP contribution < -0.4 is 16.4 Å². The molecule has 0 bridgehead atoms. The number of nitrogens with zero attached hydrogens (tertiary/aromatic N) is 4. The average Bonchev–Trinajstić information content (AvgIpc) is 3.45. The standard InChI is InChI=1S/C29H38N6O7/c1-33(2)17-11-14(12-32-28(31)35-7-5-6-8-35)22(36)19-15(17)9-13-10-16-21(34(3)4)24(38)20(27(30)41)26(40)29(16,42)25(39)18(13)23(19)37/h11,13,16,21,36-37,40,42H,5-10,12H2,1-4H3,(H2,30,41)(H2,31,32)/t13?,16?,21-,29-/m0/s1. The number of fused-ring (bicyclic) bond motifs is 3. The molecule has 0 spiro atoms. The minimum atomic E-state index is -2.68. The van der Waals surface area contributed by atoms with Gasteiger partial charge in [-0.3, -0.25) is 19.3 Å². The van der Waals surface area contributed by atoms with Crippen molar-refractivity contribution in [3.8, 4) is 5.75 Å². The predicted molar refractivity (Wildman–Crippen MR) is 155 cm³/mol. The number of phenols is 1. The van der Waals surface area contributed by atoms with Gasteiger partial charge in [0.05, 0.1) is 18.2 Å². The van der Waals surface area contributed by atoms with Gasteiger partial charge in [0.25, 0.3) is 5.91 Å². The maximum Gasteiger partial charge on any atom is 0.255 e. The summed E-state index contributed by atoms with van der Waals surface area (Å²) in [5.41, 5.74) is 9.52. The van der Waals surface area contributed by atoms with Crippen LogP contribution >= 0.6 is 0 Å². The second-order valence-electron chi connectivity index (χ2n) is 12.0. The summed E-state index contributed by atoms with van der Waals surface area (Å²) in [6.07, 6.45) is 2.26. The first kappa shape index (κ1) is 29.4. The summed E-state index contributed by atoms with van der Waals surface area (Å²) in [4.78, 5) is 49.2. The molecule has 2 unspecified atom stereocenters. The predicted octanol–water partition coefficient (Wildman–Crippen LogP) is -0.0595. The number of hydrogen-bond acceptors (Lipinski definition) is 10. The number of aliphatic imine (C=N–C) groups is 1. The number of rotatable bonds is 5. The molecule has 2 fully saturated rings. The summed E-state index contributed by atoms with van der Waals surface area (Å²) < 4.78 is 0. The van der Waals surface area contributed by atoms with Crippen molar-refractivity contribution < 1.29 is 34.8 Å². The van der Waals surface area contributed by atoms with Crippen molar-refractivity contribution in [2.75, 3.05) is 46.2 Å². The number of aliphatic hydroxyl groups is 3. The highest BCUT2D eigenvalue weighted by Gasteiger charge is 2.64. The van der Waals surface area contributed by atoms with E-state index in [1.54, 1.807) is 20.2 Å². The Bertz CT molecular complexity index is 1470. The van der Waals surface area contributed by atoms with Gasteiger partial charge in [0.15, 0.2) is 17.3 Å². The van der Waals surface area contributed by atoms with Crippen LogP contribution in [0, 0.1) is 11.8 Å². The first-order valence-corrected chi connectivity index (χ1v) is 14.0. The summed E-state index contributed by atoms with van der Waals surface area (Å²) in [6.45, 7) is 1.62. The van der Waals surface area contributed by atoms with E-state index in [4.69, 9.17) is 11.5 Å². The number of aliphatic hydroxyl groups excluding tert-OH is 2. The maximum atomic E-state index is 14.1. The van der Waals surface area contributed by atoms with E-state index in [2.05, 4.69) is 4.99 Å². The van der Waals surface area contributed by atoms with E-state index in [-0.39, 0.29) is 36.3 Å². The molecular formula is C29H38N6O7. The summed E-state index contributed by atoms with van der Waals surface area (Å²) in [5, 5.41) is 45.8. The second kappa shape index (κ2) is 10.3. The Labute approximate surface area is 243 Å². The van der Waals surface area contributed by atoms with Crippen LogP contribution in [0.1, 0.15) is 36.0 Å². The summed E-state index contributed by atoms with van der Waals surface area (Å²) in [5.74, 6) is -6.46. The summed E-state index contributed by atoms with van der Waals surface area (Å²) in [7, 11) is 6.76. The molecule has 4 aliphatic rings. The average molecular weight is 583 g/mol. The monoisotopic (exact) mass is 582 g/mol. The van der Waals surface area contributed by atoms with E-state index >= 15 is 0 Å². The van der Waals surface area contributed by atoms with Gasteiger partial charge in [-0.25, -0.2) is 4.99 Å². The molecule has 8 N–H and O–H groups in total. The number of Topliss-reactive ketones (excluding diaryl/α,β-unsaturated/α-hetero) is 2. The molecule has 5 rings (SSSR count). The first-order valence-electron chi connectivity index (χ1n) is 14.0. The normalized spacial score (nSPS) is 27.8. The SMILES string of the molecule is CN(C)c1cc(CN=C(N)N2CCCC2)c(O)c2c1CC1CC3[C@H](N(C)C)C(=O)C(C(N)=O)=C(O)[C@@]3(O)C(=O)C1=C2O. The lowest BCUT2D eigenvalue weighted by Gasteiger charge is -2.50. The summed E-state index contributed by atoms with van der Waals surface area (Å²) in [6, 6.07) is 0.639. The molecule has 13 heteroatoms. The van der Waals surface area contributed by atoms with E-state index < -0.39 is 58.0 Å². The Morgan fingerprint density at radius 3 is 2.33 bits per heavy atom. The van der Waals surface area contributed by atoms with Crippen LogP contribution in [-0.2, 0) is 27.3 Å². The zero-order valence-corrected chi connectivity index (χ0v) is 24.2. The van der Waals surface area contributed by atoms with Crippen molar-refractivity contribution >= 4 is 34.9 Å². The fraction of sp³-hybridized carbons (Fsp3) is 0.517. The fourth-order valence-electron chi connectivity index (χ4n) is 7.08. The van der Waals surface area contributed by atoms with Crippen LogP contribution in [0.15, 0.2) is 28.0 Å². The minimum absolute atomic E-state index is 0.0202. The topological polar surface area (TPSA) is 206 Å². The number of nitrogens with two attached hydrogens (primary N) is 2. The molecule has 1 aromatic carbocycles. The Morgan fingerprint density at radius 2 is 1.76 bits per heavy atom. The highest BCUT2D eigenvalue weighted by Crippen LogP contribution is 2.54. The van der Waals surface area contributed by atoms with Crippen LogP contribution in [0.25, 0.3) is 5.76 Å². The van der Waals surface area contributed by atoms with Gasteiger partial charge in [0, 0.05) is 49.9 Å². The van der Waals surface area contributed by atoms with Crippen LogP contribution in [-0.4, -0.2) is 107 Å². The van der Waals surface area contributed by atoms with Crippen molar-refractivity contribution in [1.82, 2.24) is 9.80 Å². The lowest BCUT2D eigenvalue weighted by molar-refractivity contribution is -0.153. The number of phenolic OH excluding ortho intramolecular Hbond substituents is 1. The third-order valence-electron chi connectivity index (χ3n) is 9.10. The maximum absolute atomic E-state index is 14.1. The largest absolute Gasteiger partial charge is 0.508 e. The molecule has 3 aliphatic carbocycles. The minimum Gasteiger partial charge on any atom is -0.508 e. The number of likely N-dealkylation sites (tertiary alicyclic amines) is 1. The van der Waals surface area contributed by atoms with Gasteiger partial charge in [-0.05, 0) is 57.3 Å². The summed E-state index contributed by atoms with van der Waals surface area (Å²) >= 11 is 0. The fourth-order valence-corrected chi connectivity index (χ4v) is 7.08. The van der Waals surface area contributed by atoms with E-state index in [1.807, 2.05) is 23.9 Å². The smallest absolute Gasteiger partial charge is 0.255 e. The van der Waals surface area contributed by atoms with E-state index in [1.165, 1.54) is 4.90 Å². The van der Waals surface area contributed by atoms with Crippen LogP contribution in [0.5, 0.6) is 5.75 Å². The molecule has 1 aromatic rings. The Hall–Kier alpha value is -4.10. The van der Waals surface area contributed by atoms with Crippen molar-refractivity contribution in [2.45, 2.75) is 43.9 Å². The van der Waals surface area contributed by atoms with E-state index in [0.29, 0.717) is 22.8 Å². The number of carbonyl (C=O) groups excluding carboxylic acids is 3. The number of hydrogen-bond donors (Lipinski definition) is 6. The van der Waals surface area contributed by atoms with Crippen molar-refractivity contribution in [3.63, 3.8) is 0 Å². The molecule has 1 amide bonds. The molecule has 1 heterocycles. The van der Waals surface area contributed by atoms with Crippen molar-refractivity contribution in [1.29, 1.82) is 0 Å². The molecule has 0 radical (unpaired) electrons. The highest BCUT2D eigenvalue weighted by atomic mass is 16.3. The molecule has 1 saturated heterocycles. The number of carbonyl (C=O) groups is 3. The van der Waals surface area contributed by atoms with Gasteiger partial charge in [-0.15, -0.1) is 0 Å². The number of primary amides is 1. The Balaban J connectivity index is 1.66. The molecule has 0 aromatic heterocycles. The van der Waals surface area contributed by atoms with Gasteiger partial charge in [0.2, 0.25) is 5.78 Å². The van der Waals surface area contributed by atoms with Gasteiger partial charge >= 0.3 is 0 Å². The van der Waals surface area contributed by atoms with Crippen molar-refractivity contribution in [2.24, 2.45) is 28.3 Å². The number of aromatic hydroxyl groups is 1. The van der Waals surface area contributed by atoms with Crippen LogP contribution in [0.3, 0.4) is 0 Å². The lowest BCUT2D eigenvalue weighted by atomic mass is 9.57. The third kappa shape index (κ3) is 4.21. The molecule has 1 saturated carbocycles. The van der Waals surface area contributed by atoms with Crippen LogP contribution in [0.4, 0.5) is 5.69 Å². The lowest BCUT2D eigenvalue weighted by Crippen LogP contribution is -2.65. The van der Waals surface area contributed by atoms with E-state index in [0.717, 1.165) is 25.9 Å². The number of ketones is 2. The number of benzene rings is 1. The molecule has 13 nitrogen and oxygen atoms in total. The Kier molecular flexibility index (Phi) is 7.22. The van der Waals surface area contributed by atoms with E-state index in [9.17, 15) is 34.8 Å². The number of likely N-dealkylation sites (N-methyl/N-ethyl adjacent to an activating group) is 1. The Morgan fingerprint density at radius 1 is 1.12 bits per heavy atom. The van der Waals surface area contributed by atoms with Crippen LogP contribution in [0.2, 0.25) is 0 Å². The number of amides is 1. The molecular weight excluding hydrogens is 544 g/mol. The molecule has 1 aliphatic heterocycles. The van der Waals surface area contributed by atoms with Gasteiger partial charge in [-0.1, -0.05) is 0 Å². The molecule has 226 valence electrons. The molecule has 4 atom stereocenters. The van der Waals surface area contributed by atoms with Gasteiger partial charge in [0.1, 0.15) is 22.8 Å². The molecule has 42 heavy (non-hydrogen) atoms. The van der Waals surface area contributed by atoms with Crippen molar-refractivity contribution in [3.05, 3.63) is 39.7 Å². The zero-order chi connectivity index (χ0) is 30.8. The highest BCUT2D eigenvalue weighted by molar-refractivity contribution is 6.24. The number of anilines is 1. The second-order valence-corrected chi connectivity index (χ2v) is 12.0. The quantitative estimate of drug-likeness (QED) is 0.154. The number of guanidine groups is 1. The van der Waals surface area contributed by atoms with Gasteiger partial charge < -0.3 is 41.7 Å².